The van der Waals surface area contributed by atoms with E-state index in [4.69, 9.17) is 11.6 Å². The fourth-order valence-electron chi connectivity index (χ4n) is 2.69. The van der Waals surface area contributed by atoms with Gasteiger partial charge >= 0.3 is 6.03 Å². The second-order valence-electron chi connectivity index (χ2n) is 6.00. The molecule has 0 saturated carbocycles. The normalized spacial score (nSPS) is 10.7. The number of thiazole rings is 1. The summed E-state index contributed by atoms with van der Waals surface area (Å²) in [5, 5.41) is 7.32. The molecule has 0 spiro atoms. The van der Waals surface area contributed by atoms with Crippen LogP contribution in [0.2, 0.25) is 5.02 Å². The quantitative estimate of drug-likeness (QED) is 0.451. The summed E-state index contributed by atoms with van der Waals surface area (Å²) in [6.45, 7) is 0.431. The number of carbonyl (C=O) groups is 1. The maximum Gasteiger partial charge on any atom is 0.319 e. The molecule has 1 aromatic heterocycles. The first-order valence-electron chi connectivity index (χ1n) is 8.43. The molecule has 2 amide bonds. The lowest BCUT2D eigenvalue weighted by atomic mass is 10.2. The summed E-state index contributed by atoms with van der Waals surface area (Å²) < 4.78 is 1.14. The van der Waals surface area contributed by atoms with Crippen molar-refractivity contribution in [2.24, 2.45) is 0 Å². The van der Waals surface area contributed by atoms with Crippen molar-refractivity contribution < 1.29 is 4.79 Å². The number of fused-ring (bicyclic) bond motifs is 1. The first-order chi connectivity index (χ1) is 13.2. The summed E-state index contributed by atoms with van der Waals surface area (Å²) in [7, 11) is 0. The number of urea groups is 1. The maximum atomic E-state index is 12.2. The van der Waals surface area contributed by atoms with Crippen LogP contribution >= 0.6 is 22.9 Å². The van der Waals surface area contributed by atoms with E-state index in [9.17, 15) is 4.79 Å². The number of aromatic nitrogens is 1. The number of halogens is 1. The predicted octanol–water partition coefficient (Wildman–Crippen LogP) is 5.94. The molecule has 0 unspecified atom stereocenters. The Balaban J connectivity index is 1.44. The molecule has 0 aliphatic rings. The molecule has 2 N–H and O–H groups in total. The summed E-state index contributed by atoms with van der Waals surface area (Å²) >= 11 is 7.51. The standard InChI is InChI=1S/C21H16ClN3OS/c22-16-10-8-14(9-11-16)13-23-21(26)24-17-5-3-4-15(12-17)20-25-18-6-1-2-7-19(18)27-20/h1-12H,13H2,(H2,23,24,26). The molecular weight excluding hydrogens is 378 g/mol. The average molecular weight is 394 g/mol. The minimum atomic E-state index is -0.258. The molecule has 6 heteroatoms. The fraction of sp³-hybridized carbons (Fsp3) is 0.0476. The van der Waals surface area contributed by atoms with Crippen LogP contribution in [0.1, 0.15) is 5.56 Å². The van der Waals surface area contributed by atoms with Gasteiger partial charge in [-0.05, 0) is 42.0 Å². The molecule has 4 nitrogen and oxygen atoms in total. The number of anilines is 1. The van der Waals surface area contributed by atoms with Crippen LogP contribution < -0.4 is 10.6 Å². The van der Waals surface area contributed by atoms with E-state index in [2.05, 4.69) is 21.7 Å². The zero-order valence-corrected chi connectivity index (χ0v) is 15.8. The summed E-state index contributed by atoms with van der Waals surface area (Å²) in [6, 6.07) is 22.9. The van der Waals surface area contributed by atoms with Gasteiger partial charge in [-0.15, -0.1) is 11.3 Å². The number of amides is 2. The highest BCUT2D eigenvalue weighted by Gasteiger charge is 2.08. The third kappa shape index (κ3) is 4.27. The second-order valence-corrected chi connectivity index (χ2v) is 7.47. The lowest BCUT2D eigenvalue weighted by Gasteiger charge is -2.08. The van der Waals surface area contributed by atoms with E-state index in [1.165, 1.54) is 0 Å². The van der Waals surface area contributed by atoms with Crippen molar-refractivity contribution in [1.82, 2.24) is 10.3 Å². The van der Waals surface area contributed by atoms with Crippen molar-refractivity contribution in [1.29, 1.82) is 0 Å². The topological polar surface area (TPSA) is 54.0 Å². The van der Waals surface area contributed by atoms with E-state index >= 15 is 0 Å². The van der Waals surface area contributed by atoms with Gasteiger partial charge in [-0.1, -0.05) is 48.0 Å². The Hall–Kier alpha value is -2.89. The van der Waals surface area contributed by atoms with Gasteiger partial charge in [0.1, 0.15) is 5.01 Å². The molecule has 27 heavy (non-hydrogen) atoms. The van der Waals surface area contributed by atoms with Gasteiger partial charge in [-0.3, -0.25) is 0 Å². The molecular formula is C21H16ClN3OS. The Kier molecular flexibility index (Phi) is 5.05. The number of rotatable bonds is 4. The first kappa shape index (κ1) is 17.5. The van der Waals surface area contributed by atoms with Crippen molar-refractivity contribution in [3.05, 3.63) is 83.4 Å². The van der Waals surface area contributed by atoms with E-state index in [0.717, 1.165) is 32.0 Å². The molecule has 0 bridgehead atoms. The number of hydrogen-bond acceptors (Lipinski definition) is 3. The molecule has 0 fully saturated rings. The van der Waals surface area contributed by atoms with E-state index in [-0.39, 0.29) is 6.03 Å². The van der Waals surface area contributed by atoms with Crippen LogP contribution in [0.25, 0.3) is 20.8 Å². The van der Waals surface area contributed by atoms with Gasteiger partial charge < -0.3 is 10.6 Å². The smallest absolute Gasteiger partial charge is 0.319 e. The molecule has 1 heterocycles. The average Bonchev–Trinajstić information content (AvgIpc) is 3.12. The van der Waals surface area contributed by atoms with Crippen molar-refractivity contribution in [2.45, 2.75) is 6.54 Å². The molecule has 0 aliphatic heterocycles. The Labute approximate surface area is 165 Å². The van der Waals surface area contributed by atoms with Gasteiger partial charge in [0.2, 0.25) is 0 Å². The number of hydrogen-bond donors (Lipinski definition) is 2. The van der Waals surface area contributed by atoms with E-state index in [1.54, 1.807) is 23.5 Å². The minimum absolute atomic E-state index is 0.258. The van der Waals surface area contributed by atoms with E-state index < -0.39 is 0 Å². The van der Waals surface area contributed by atoms with Gasteiger partial charge in [0, 0.05) is 22.8 Å². The number of nitrogens with zero attached hydrogens (tertiary/aromatic N) is 1. The van der Waals surface area contributed by atoms with Crippen molar-refractivity contribution >= 4 is 44.9 Å². The number of nitrogens with one attached hydrogen (secondary N) is 2. The van der Waals surface area contributed by atoms with Crippen molar-refractivity contribution in [3.63, 3.8) is 0 Å². The monoisotopic (exact) mass is 393 g/mol. The molecule has 4 aromatic rings. The van der Waals surface area contributed by atoms with Crippen molar-refractivity contribution in [2.75, 3.05) is 5.32 Å². The van der Waals surface area contributed by atoms with Crippen LogP contribution in [0.15, 0.2) is 72.8 Å². The van der Waals surface area contributed by atoms with Crippen LogP contribution in [0.3, 0.4) is 0 Å². The molecule has 0 radical (unpaired) electrons. The number of para-hydroxylation sites is 1. The van der Waals surface area contributed by atoms with Crippen LogP contribution in [-0.2, 0) is 6.54 Å². The van der Waals surface area contributed by atoms with Gasteiger partial charge in [0.15, 0.2) is 0 Å². The number of carbonyl (C=O) groups excluding carboxylic acids is 1. The molecule has 134 valence electrons. The number of benzene rings is 3. The highest BCUT2D eigenvalue weighted by atomic mass is 35.5. The van der Waals surface area contributed by atoms with Gasteiger partial charge in [0.05, 0.1) is 10.2 Å². The van der Waals surface area contributed by atoms with Gasteiger partial charge in [-0.25, -0.2) is 9.78 Å². The zero-order chi connectivity index (χ0) is 18.6. The Morgan fingerprint density at radius 2 is 1.81 bits per heavy atom. The lowest BCUT2D eigenvalue weighted by molar-refractivity contribution is 0.251. The summed E-state index contributed by atoms with van der Waals surface area (Å²) in [5.74, 6) is 0. The summed E-state index contributed by atoms with van der Waals surface area (Å²) in [6.07, 6.45) is 0. The minimum Gasteiger partial charge on any atom is -0.334 e. The molecule has 0 atom stereocenters. The Morgan fingerprint density at radius 1 is 1.00 bits per heavy atom. The highest BCUT2D eigenvalue weighted by molar-refractivity contribution is 7.21. The maximum absolute atomic E-state index is 12.2. The van der Waals surface area contributed by atoms with Crippen LogP contribution in [0.5, 0.6) is 0 Å². The fourth-order valence-corrected chi connectivity index (χ4v) is 3.77. The Morgan fingerprint density at radius 3 is 2.63 bits per heavy atom. The largest absolute Gasteiger partial charge is 0.334 e. The predicted molar refractivity (Wildman–Crippen MR) is 112 cm³/mol. The SMILES string of the molecule is O=C(NCc1ccc(Cl)cc1)Nc1cccc(-c2nc3ccccc3s2)c1. The van der Waals surface area contributed by atoms with Gasteiger partial charge in [0.25, 0.3) is 0 Å². The Bertz CT molecular complexity index is 1060. The first-order valence-corrected chi connectivity index (χ1v) is 9.62. The van der Waals surface area contributed by atoms with Gasteiger partial charge in [-0.2, -0.15) is 0 Å². The van der Waals surface area contributed by atoms with Crippen LogP contribution in [-0.4, -0.2) is 11.0 Å². The molecule has 3 aromatic carbocycles. The van der Waals surface area contributed by atoms with Crippen LogP contribution in [0, 0.1) is 0 Å². The molecule has 4 rings (SSSR count). The van der Waals surface area contributed by atoms with E-state index in [0.29, 0.717) is 11.6 Å². The third-order valence-electron chi connectivity index (χ3n) is 4.03. The van der Waals surface area contributed by atoms with E-state index in [1.807, 2.05) is 54.6 Å². The lowest BCUT2D eigenvalue weighted by Crippen LogP contribution is -2.28. The van der Waals surface area contributed by atoms with Crippen LogP contribution in [0.4, 0.5) is 10.5 Å². The summed E-state index contributed by atoms with van der Waals surface area (Å²) in [4.78, 5) is 16.8. The molecule has 0 saturated heterocycles. The van der Waals surface area contributed by atoms with Crippen molar-refractivity contribution in [3.8, 4) is 10.6 Å². The molecule has 0 aliphatic carbocycles. The zero-order valence-electron chi connectivity index (χ0n) is 14.3. The second kappa shape index (κ2) is 7.78. The summed E-state index contributed by atoms with van der Waals surface area (Å²) in [5.41, 5.74) is 3.67. The third-order valence-corrected chi connectivity index (χ3v) is 5.37. The highest BCUT2D eigenvalue weighted by Crippen LogP contribution is 2.31.